The molecule has 106 valence electrons. The number of carboxylic acid groups (broad SMARTS) is 1. The van der Waals surface area contributed by atoms with Gasteiger partial charge in [-0.05, 0) is 23.8 Å². The summed E-state index contributed by atoms with van der Waals surface area (Å²) in [6.07, 6.45) is 0. The third-order valence-corrected chi connectivity index (χ3v) is 3.02. The first-order valence-electron chi connectivity index (χ1n) is 5.61. The number of methoxy groups -OCH3 is 1. The van der Waals surface area contributed by atoms with Gasteiger partial charge < -0.3 is 9.84 Å². The van der Waals surface area contributed by atoms with Gasteiger partial charge in [-0.2, -0.15) is 0 Å². The van der Waals surface area contributed by atoms with Crippen LogP contribution in [0.1, 0.15) is 21.7 Å². The second-order valence-electron chi connectivity index (χ2n) is 4.02. The number of ether oxygens (including phenoxy) is 1. The predicted molar refractivity (Wildman–Crippen MR) is 68.2 cm³/mol. The number of aromatic nitrogens is 3. The molecule has 0 unspecified atom stereocenters. The van der Waals surface area contributed by atoms with Crippen LogP contribution in [0.3, 0.4) is 0 Å². The minimum Gasteiger partial charge on any atom is -0.476 e. The molecule has 0 amide bonds. The van der Waals surface area contributed by atoms with Crippen LogP contribution in [0.5, 0.6) is 0 Å². The fourth-order valence-corrected chi connectivity index (χ4v) is 1.91. The molecule has 0 atom stereocenters. The Morgan fingerprint density at radius 1 is 1.55 bits per heavy atom. The lowest BCUT2D eigenvalue weighted by atomic mass is 10.2. The fraction of sp³-hybridized carbons (Fsp3) is 0.250. The summed E-state index contributed by atoms with van der Waals surface area (Å²) in [6, 6.07) is 3.93. The summed E-state index contributed by atoms with van der Waals surface area (Å²) in [5, 5.41) is 16.7. The molecule has 0 saturated heterocycles. The van der Waals surface area contributed by atoms with E-state index in [1.807, 2.05) is 0 Å². The quantitative estimate of drug-likeness (QED) is 0.913. The van der Waals surface area contributed by atoms with Crippen molar-refractivity contribution in [2.75, 3.05) is 7.11 Å². The topological polar surface area (TPSA) is 77.2 Å². The van der Waals surface area contributed by atoms with E-state index < -0.39 is 11.8 Å². The van der Waals surface area contributed by atoms with Gasteiger partial charge in [0.05, 0.1) is 18.8 Å². The number of nitrogens with zero attached hydrogens (tertiary/aromatic N) is 3. The highest BCUT2D eigenvalue weighted by atomic mass is 35.5. The zero-order chi connectivity index (χ0) is 14.7. The van der Waals surface area contributed by atoms with Gasteiger partial charge >= 0.3 is 5.97 Å². The molecule has 1 aromatic carbocycles. The molecule has 0 aliphatic rings. The molecule has 1 heterocycles. The molecular formula is C12H11ClFN3O3. The van der Waals surface area contributed by atoms with Crippen molar-refractivity contribution in [3.63, 3.8) is 0 Å². The summed E-state index contributed by atoms with van der Waals surface area (Å²) < 4.78 is 19.5. The molecule has 0 saturated carbocycles. The van der Waals surface area contributed by atoms with Crippen LogP contribution in [-0.4, -0.2) is 33.2 Å². The zero-order valence-electron chi connectivity index (χ0n) is 10.5. The van der Waals surface area contributed by atoms with Gasteiger partial charge in [0.1, 0.15) is 5.82 Å². The van der Waals surface area contributed by atoms with Crippen molar-refractivity contribution in [3.8, 4) is 0 Å². The molecule has 0 spiro atoms. The summed E-state index contributed by atoms with van der Waals surface area (Å²) in [4.78, 5) is 11.0. The van der Waals surface area contributed by atoms with E-state index in [0.29, 0.717) is 16.3 Å². The monoisotopic (exact) mass is 299 g/mol. The molecule has 1 aromatic heterocycles. The minimum atomic E-state index is -1.20. The van der Waals surface area contributed by atoms with Gasteiger partial charge in [-0.15, -0.1) is 5.10 Å². The molecule has 1 N–H and O–H groups in total. The smallest absolute Gasteiger partial charge is 0.358 e. The average Bonchev–Trinajstić information content (AvgIpc) is 2.78. The summed E-state index contributed by atoms with van der Waals surface area (Å²) in [7, 11) is 1.43. The number of carboxylic acids is 1. The first kappa shape index (κ1) is 14.4. The van der Waals surface area contributed by atoms with E-state index in [1.54, 1.807) is 0 Å². The van der Waals surface area contributed by atoms with E-state index >= 15 is 0 Å². The van der Waals surface area contributed by atoms with E-state index in [4.69, 9.17) is 21.4 Å². The van der Waals surface area contributed by atoms with Crippen LogP contribution >= 0.6 is 11.6 Å². The first-order valence-corrected chi connectivity index (χ1v) is 5.99. The van der Waals surface area contributed by atoms with E-state index in [1.165, 1.54) is 30.0 Å². The van der Waals surface area contributed by atoms with Crippen LogP contribution in [0.15, 0.2) is 18.2 Å². The maximum absolute atomic E-state index is 13.2. The molecule has 2 aromatic rings. The van der Waals surface area contributed by atoms with Crippen molar-refractivity contribution in [1.29, 1.82) is 0 Å². The third kappa shape index (κ3) is 2.94. The van der Waals surface area contributed by atoms with Gasteiger partial charge in [-0.25, -0.2) is 13.9 Å². The van der Waals surface area contributed by atoms with Crippen molar-refractivity contribution in [3.05, 3.63) is 46.0 Å². The van der Waals surface area contributed by atoms with Crippen LogP contribution in [-0.2, 0) is 17.9 Å². The molecule has 0 radical (unpaired) electrons. The number of aromatic carboxylic acids is 1. The Balaban J connectivity index is 2.38. The molecule has 0 aliphatic carbocycles. The van der Waals surface area contributed by atoms with Crippen LogP contribution in [0.2, 0.25) is 5.02 Å². The van der Waals surface area contributed by atoms with Gasteiger partial charge in [-0.3, -0.25) is 0 Å². The SMILES string of the molecule is COCc1c(C(=O)O)nnn1Cc1cc(F)ccc1Cl. The van der Waals surface area contributed by atoms with Crippen molar-refractivity contribution in [2.45, 2.75) is 13.2 Å². The second kappa shape index (κ2) is 5.98. The minimum absolute atomic E-state index is 0.0293. The van der Waals surface area contributed by atoms with Crippen molar-refractivity contribution >= 4 is 17.6 Å². The highest BCUT2D eigenvalue weighted by molar-refractivity contribution is 6.31. The molecule has 2 rings (SSSR count). The second-order valence-corrected chi connectivity index (χ2v) is 4.42. The maximum Gasteiger partial charge on any atom is 0.358 e. The lowest BCUT2D eigenvalue weighted by molar-refractivity contribution is 0.0684. The Hall–Kier alpha value is -1.99. The van der Waals surface area contributed by atoms with Gasteiger partial charge in [0.25, 0.3) is 0 Å². The van der Waals surface area contributed by atoms with Gasteiger partial charge in [0.2, 0.25) is 0 Å². The first-order chi connectivity index (χ1) is 9.52. The van der Waals surface area contributed by atoms with E-state index in [0.717, 1.165) is 0 Å². The van der Waals surface area contributed by atoms with Gasteiger partial charge in [0.15, 0.2) is 5.69 Å². The summed E-state index contributed by atoms with van der Waals surface area (Å²) in [5.41, 5.74) is 0.575. The van der Waals surface area contributed by atoms with Crippen LogP contribution in [0.4, 0.5) is 4.39 Å². The molecular weight excluding hydrogens is 289 g/mol. The summed E-state index contributed by atoms with van der Waals surface area (Å²) in [6.45, 7) is 0.136. The number of halogens is 2. The Kier molecular flexibility index (Phi) is 4.31. The fourth-order valence-electron chi connectivity index (χ4n) is 1.73. The Morgan fingerprint density at radius 2 is 2.30 bits per heavy atom. The Bertz CT molecular complexity index is 645. The van der Waals surface area contributed by atoms with Crippen LogP contribution in [0.25, 0.3) is 0 Å². The largest absolute Gasteiger partial charge is 0.476 e. The summed E-state index contributed by atoms with van der Waals surface area (Å²) in [5.74, 6) is -1.63. The third-order valence-electron chi connectivity index (χ3n) is 2.65. The number of benzene rings is 1. The van der Waals surface area contributed by atoms with Gasteiger partial charge in [-0.1, -0.05) is 16.8 Å². The predicted octanol–water partition coefficient (Wildman–Crippen LogP) is 1.96. The number of hydrogen-bond acceptors (Lipinski definition) is 4. The lowest BCUT2D eigenvalue weighted by Gasteiger charge is -2.08. The van der Waals surface area contributed by atoms with Crippen molar-refractivity contribution in [2.24, 2.45) is 0 Å². The molecule has 0 bridgehead atoms. The Morgan fingerprint density at radius 3 is 2.95 bits per heavy atom. The molecule has 0 aliphatic heterocycles. The molecule has 20 heavy (non-hydrogen) atoms. The lowest BCUT2D eigenvalue weighted by Crippen LogP contribution is -2.10. The zero-order valence-corrected chi connectivity index (χ0v) is 11.3. The van der Waals surface area contributed by atoms with Gasteiger partial charge in [0, 0.05) is 12.1 Å². The van der Waals surface area contributed by atoms with Crippen LogP contribution in [0, 0.1) is 5.82 Å². The van der Waals surface area contributed by atoms with E-state index in [9.17, 15) is 9.18 Å². The van der Waals surface area contributed by atoms with E-state index in [2.05, 4.69) is 10.3 Å². The Labute approximate surface area is 118 Å². The standard InChI is InChI=1S/C12H11ClFN3O3/c1-20-6-10-11(12(18)19)15-16-17(10)5-7-4-8(14)2-3-9(7)13/h2-4H,5-6H2,1H3,(H,18,19). The molecule has 6 nitrogen and oxygen atoms in total. The normalized spacial score (nSPS) is 10.8. The number of hydrogen-bond donors (Lipinski definition) is 1. The number of rotatable bonds is 5. The van der Waals surface area contributed by atoms with E-state index in [-0.39, 0.29) is 18.8 Å². The van der Waals surface area contributed by atoms with Crippen molar-refractivity contribution in [1.82, 2.24) is 15.0 Å². The molecule has 0 fully saturated rings. The maximum atomic E-state index is 13.2. The highest BCUT2D eigenvalue weighted by Crippen LogP contribution is 2.19. The molecule has 8 heteroatoms. The van der Waals surface area contributed by atoms with Crippen LogP contribution < -0.4 is 0 Å². The summed E-state index contributed by atoms with van der Waals surface area (Å²) >= 11 is 5.97. The highest BCUT2D eigenvalue weighted by Gasteiger charge is 2.19. The average molecular weight is 300 g/mol. The number of carbonyl (C=O) groups is 1. The van der Waals surface area contributed by atoms with Crippen molar-refractivity contribution < 1.29 is 19.0 Å².